The molecule has 0 aromatic rings. The lowest BCUT2D eigenvalue weighted by Crippen LogP contribution is -2.41. The van der Waals surface area contributed by atoms with Crippen LogP contribution in [0.15, 0.2) is 11.3 Å². The summed E-state index contributed by atoms with van der Waals surface area (Å²) in [6, 6.07) is 0. The van der Waals surface area contributed by atoms with E-state index in [1.54, 1.807) is 27.8 Å². The van der Waals surface area contributed by atoms with Crippen molar-refractivity contribution in [3.63, 3.8) is 0 Å². The predicted molar refractivity (Wildman–Crippen MR) is 54.5 cm³/mol. The van der Waals surface area contributed by atoms with E-state index in [0.29, 0.717) is 6.42 Å². The van der Waals surface area contributed by atoms with Crippen LogP contribution in [0.4, 0.5) is 0 Å². The number of hydrogen-bond donors (Lipinski definition) is 2. The minimum atomic E-state index is -0.616. The van der Waals surface area contributed by atoms with Gasteiger partial charge >= 0.3 is 0 Å². The van der Waals surface area contributed by atoms with E-state index in [1.807, 2.05) is 0 Å². The summed E-state index contributed by atoms with van der Waals surface area (Å²) in [7, 11) is 1.65. The van der Waals surface area contributed by atoms with Gasteiger partial charge in [0.15, 0.2) is 0 Å². The number of likely N-dealkylation sites (tertiary alicyclic amines) is 1. The number of nitrogens with one attached hydrogen (secondary N) is 1. The molecule has 0 aliphatic carbocycles. The highest BCUT2D eigenvalue weighted by Gasteiger charge is 2.45. The molecule has 0 aromatic heterocycles. The van der Waals surface area contributed by atoms with Gasteiger partial charge in [0, 0.05) is 13.5 Å². The maximum Gasteiger partial charge on any atom is 0.259 e. The molecule has 0 aromatic carbocycles. The van der Waals surface area contributed by atoms with Gasteiger partial charge in [-0.15, -0.1) is 0 Å². The van der Waals surface area contributed by atoms with Crippen LogP contribution >= 0.6 is 0 Å². The van der Waals surface area contributed by atoms with Crippen LogP contribution in [-0.2, 0) is 4.79 Å². The number of nitrogens with zero attached hydrogens (tertiary/aromatic N) is 1. The van der Waals surface area contributed by atoms with Gasteiger partial charge in [0.1, 0.15) is 11.3 Å². The maximum atomic E-state index is 11.7. The first-order valence-corrected chi connectivity index (χ1v) is 4.63. The Hall–Kier alpha value is -1.32. The third-order valence-corrected chi connectivity index (χ3v) is 2.84. The molecule has 1 heterocycles. The first kappa shape index (κ1) is 10.8. The van der Waals surface area contributed by atoms with Crippen LogP contribution in [0, 0.1) is 5.41 Å². The van der Waals surface area contributed by atoms with E-state index in [9.17, 15) is 9.90 Å². The van der Waals surface area contributed by atoms with E-state index in [2.05, 4.69) is 0 Å². The van der Waals surface area contributed by atoms with Crippen molar-refractivity contribution in [2.75, 3.05) is 7.05 Å². The Labute approximate surface area is 83.7 Å². The molecule has 78 valence electrons. The fourth-order valence-corrected chi connectivity index (χ4v) is 1.45. The second-order valence-corrected chi connectivity index (χ2v) is 3.97. The Morgan fingerprint density at radius 1 is 1.57 bits per heavy atom. The number of likely N-dealkylation sites (N-methyl/N-ethyl adjacent to an activating group) is 1. The monoisotopic (exact) mass is 196 g/mol. The van der Waals surface area contributed by atoms with E-state index < -0.39 is 5.54 Å². The normalized spacial score (nSPS) is 24.4. The molecule has 1 amide bonds. The average Bonchev–Trinajstić information content (AvgIpc) is 2.28. The van der Waals surface area contributed by atoms with Crippen molar-refractivity contribution >= 4 is 11.6 Å². The largest absolute Gasteiger partial charge is 0.511 e. The van der Waals surface area contributed by atoms with Gasteiger partial charge in [0.2, 0.25) is 0 Å². The average molecular weight is 196 g/mol. The number of allylic oxidation sites excluding steroid dienone is 1. The number of carbonyl (C=O) groups excluding carboxylic acids is 1. The van der Waals surface area contributed by atoms with Crippen LogP contribution in [0.2, 0.25) is 0 Å². The number of aliphatic hydroxyl groups excluding tert-OH is 1. The Kier molecular flexibility index (Phi) is 2.39. The quantitative estimate of drug-likeness (QED) is 0.493. The molecule has 1 aliphatic heterocycles. The number of carbonyl (C=O) groups is 1. The van der Waals surface area contributed by atoms with Gasteiger partial charge in [-0.3, -0.25) is 4.79 Å². The van der Waals surface area contributed by atoms with Crippen molar-refractivity contribution in [3.8, 4) is 0 Å². The third-order valence-electron chi connectivity index (χ3n) is 2.84. The van der Waals surface area contributed by atoms with Gasteiger partial charge in [-0.1, -0.05) is 6.92 Å². The first-order valence-electron chi connectivity index (χ1n) is 4.63. The molecule has 14 heavy (non-hydrogen) atoms. The summed E-state index contributed by atoms with van der Waals surface area (Å²) in [5.74, 6) is -0.253. The molecule has 0 unspecified atom stereocenters. The Morgan fingerprint density at radius 2 is 2.07 bits per heavy atom. The molecule has 0 bridgehead atoms. The number of amides is 1. The molecular formula is C10H16N2O2. The molecule has 1 saturated heterocycles. The van der Waals surface area contributed by atoms with Gasteiger partial charge in [-0.25, -0.2) is 0 Å². The predicted octanol–water partition coefficient (Wildman–Crippen LogP) is 1.48. The lowest BCUT2D eigenvalue weighted by molar-refractivity contribution is -0.126. The minimum absolute atomic E-state index is 0.0115. The van der Waals surface area contributed by atoms with Crippen molar-refractivity contribution in [1.29, 1.82) is 5.41 Å². The standard InChI is InChI=1S/C10H16N2O2/c1-5-6(13)7-8(11)10(2,3)12(4)9(7)14/h11,13H,5H2,1-4H3/b7-6+,11-8?. The highest BCUT2D eigenvalue weighted by molar-refractivity contribution is 6.29. The number of rotatable bonds is 1. The summed E-state index contributed by atoms with van der Waals surface area (Å²) >= 11 is 0. The third kappa shape index (κ3) is 1.22. The SMILES string of the molecule is CC/C(O)=C1/C(=N)C(C)(C)N(C)C1=O. The van der Waals surface area contributed by atoms with Crippen LogP contribution in [0.3, 0.4) is 0 Å². The topological polar surface area (TPSA) is 64.4 Å². The molecule has 2 N–H and O–H groups in total. The van der Waals surface area contributed by atoms with E-state index in [4.69, 9.17) is 5.41 Å². The van der Waals surface area contributed by atoms with E-state index in [0.717, 1.165) is 0 Å². The maximum absolute atomic E-state index is 11.7. The van der Waals surface area contributed by atoms with Crippen molar-refractivity contribution in [3.05, 3.63) is 11.3 Å². The zero-order valence-corrected chi connectivity index (χ0v) is 9.01. The lowest BCUT2D eigenvalue weighted by atomic mass is 9.96. The second kappa shape index (κ2) is 3.12. The molecule has 0 radical (unpaired) electrons. The molecule has 4 heteroatoms. The van der Waals surface area contributed by atoms with Gasteiger partial charge in [0.25, 0.3) is 5.91 Å². The molecule has 0 spiro atoms. The number of aliphatic hydroxyl groups is 1. The second-order valence-electron chi connectivity index (χ2n) is 3.97. The van der Waals surface area contributed by atoms with E-state index in [-0.39, 0.29) is 23.0 Å². The fourth-order valence-electron chi connectivity index (χ4n) is 1.45. The molecule has 0 saturated carbocycles. The summed E-state index contributed by atoms with van der Waals surface area (Å²) in [5, 5.41) is 17.4. The highest BCUT2D eigenvalue weighted by atomic mass is 16.3. The van der Waals surface area contributed by atoms with Crippen LogP contribution in [0.1, 0.15) is 27.2 Å². The van der Waals surface area contributed by atoms with Crippen molar-refractivity contribution < 1.29 is 9.90 Å². The first-order chi connectivity index (χ1) is 6.34. The summed E-state index contributed by atoms with van der Waals surface area (Å²) in [6.45, 7) is 5.35. The smallest absolute Gasteiger partial charge is 0.259 e. The molecule has 1 aliphatic rings. The van der Waals surface area contributed by atoms with Crippen LogP contribution in [0.25, 0.3) is 0 Å². The van der Waals surface area contributed by atoms with Crippen LogP contribution in [0.5, 0.6) is 0 Å². The van der Waals surface area contributed by atoms with Crippen LogP contribution < -0.4 is 0 Å². The summed E-state index contributed by atoms with van der Waals surface area (Å²) in [6.07, 6.45) is 0.382. The number of hydrogen-bond acceptors (Lipinski definition) is 3. The molecule has 4 nitrogen and oxygen atoms in total. The Bertz CT molecular complexity index is 329. The zero-order valence-electron chi connectivity index (χ0n) is 9.01. The van der Waals surface area contributed by atoms with Crippen molar-refractivity contribution in [2.24, 2.45) is 0 Å². The van der Waals surface area contributed by atoms with Crippen LogP contribution in [-0.4, -0.2) is 34.2 Å². The Morgan fingerprint density at radius 3 is 2.36 bits per heavy atom. The summed E-state index contributed by atoms with van der Waals surface area (Å²) in [4.78, 5) is 13.2. The Balaban J connectivity index is 3.29. The van der Waals surface area contributed by atoms with Gasteiger partial charge in [-0.05, 0) is 13.8 Å². The van der Waals surface area contributed by atoms with Gasteiger partial charge < -0.3 is 15.4 Å². The van der Waals surface area contributed by atoms with Gasteiger partial charge in [0.05, 0.1) is 11.3 Å². The molecule has 1 rings (SSSR count). The van der Waals surface area contributed by atoms with Crippen molar-refractivity contribution in [2.45, 2.75) is 32.7 Å². The molecule has 0 atom stereocenters. The molecule has 1 fully saturated rings. The molecular weight excluding hydrogens is 180 g/mol. The summed E-state index contributed by atoms with van der Waals surface area (Å²) in [5.41, 5.74) is -0.250. The van der Waals surface area contributed by atoms with E-state index in [1.165, 1.54) is 4.90 Å². The minimum Gasteiger partial charge on any atom is -0.511 e. The van der Waals surface area contributed by atoms with E-state index >= 15 is 0 Å². The zero-order chi connectivity index (χ0) is 11.1. The lowest BCUT2D eigenvalue weighted by Gasteiger charge is -2.26. The van der Waals surface area contributed by atoms with Crippen molar-refractivity contribution in [1.82, 2.24) is 4.90 Å². The van der Waals surface area contributed by atoms with Gasteiger partial charge in [-0.2, -0.15) is 0 Å². The summed E-state index contributed by atoms with van der Waals surface area (Å²) < 4.78 is 0. The fraction of sp³-hybridized carbons (Fsp3) is 0.600. The highest BCUT2D eigenvalue weighted by Crippen LogP contribution is 2.30.